The molecule has 0 unspecified atom stereocenters. The first-order chi connectivity index (χ1) is 13.1. The number of carboxylic acids is 1. The number of rotatable bonds is 4. The molecule has 1 amide bonds. The highest BCUT2D eigenvalue weighted by Gasteiger charge is 2.30. The molecule has 1 fully saturated rings. The molecule has 140 valence electrons. The molecule has 0 bridgehead atoms. The van der Waals surface area contributed by atoms with Gasteiger partial charge in [-0.25, -0.2) is 4.79 Å². The molecular weight excluding hydrogens is 342 g/mol. The number of hydrogen-bond acceptors (Lipinski definition) is 3. The molecule has 1 saturated heterocycles. The molecule has 4 rings (SSSR count). The average molecular weight is 365 g/mol. The summed E-state index contributed by atoms with van der Waals surface area (Å²) in [7, 11) is 0. The summed E-state index contributed by atoms with van der Waals surface area (Å²) in [5, 5.41) is 8.90. The van der Waals surface area contributed by atoms with E-state index in [1.807, 2.05) is 24.3 Å². The number of hydrogen-bond donors (Lipinski definition) is 1. The van der Waals surface area contributed by atoms with Gasteiger partial charge in [0.1, 0.15) is 6.61 Å². The number of carbonyl (C=O) groups excluding carboxylic acids is 1. The number of benzene rings is 2. The third-order valence-corrected chi connectivity index (χ3v) is 5.67. The Morgan fingerprint density at radius 1 is 0.963 bits per heavy atom. The maximum Gasteiger partial charge on any atom is 0.409 e. The Morgan fingerprint density at radius 2 is 1.52 bits per heavy atom. The Bertz CT molecular complexity index is 809. The lowest BCUT2D eigenvalue weighted by Gasteiger charge is -2.31. The van der Waals surface area contributed by atoms with E-state index in [0.717, 1.165) is 12.8 Å². The van der Waals surface area contributed by atoms with Crippen LogP contribution in [0.4, 0.5) is 4.79 Å². The topological polar surface area (TPSA) is 66.8 Å². The van der Waals surface area contributed by atoms with Crippen molar-refractivity contribution in [1.29, 1.82) is 0 Å². The molecule has 0 spiro atoms. The Kier molecular flexibility index (Phi) is 4.84. The Balaban J connectivity index is 1.39. The fourth-order valence-corrected chi connectivity index (χ4v) is 4.25. The normalized spacial score (nSPS) is 16.7. The third kappa shape index (κ3) is 3.54. The molecule has 2 aromatic rings. The fraction of sp³-hybridized carbons (Fsp3) is 0.364. The molecule has 0 aromatic heterocycles. The molecule has 0 saturated carbocycles. The number of nitrogens with zero attached hydrogens (tertiary/aromatic N) is 1. The van der Waals surface area contributed by atoms with E-state index >= 15 is 0 Å². The minimum Gasteiger partial charge on any atom is -0.481 e. The number of aliphatic carboxylic acids is 1. The molecular formula is C22H23NO4. The van der Waals surface area contributed by atoms with Gasteiger partial charge in [0, 0.05) is 25.4 Å². The molecule has 1 heterocycles. The van der Waals surface area contributed by atoms with Crippen molar-refractivity contribution < 1.29 is 19.4 Å². The first-order valence-corrected chi connectivity index (χ1v) is 9.45. The fourth-order valence-electron chi connectivity index (χ4n) is 4.25. The first-order valence-electron chi connectivity index (χ1n) is 9.45. The Labute approximate surface area is 158 Å². The largest absolute Gasteiger partial charge is 0.481 e. The highest BCUT2D eigenvalue weighted by atomic mass is 16.6. The van der Waals surface area contributed by atoms with Crippen LogP contribution < -0.4 is 0 Å². The molecule has 27 heavy (non-hydrogen) atoms. The molecule has 5 nitrogen and oxygen atoms in total. The van der Waals surface area contributed by atoms with Gasteiger partial charge in [0.15, 0.2) is 0 Å². The second kappa shape index (κ2) is 7.43. The molecule has 0 radical (unpaired) electrons. The van der Waals surface area contributed by atoms with Crippen LogP contribution in [0.2, 0.25) is 0 Å². The van der Waals surface area contributed by atoms with E-state index in [-0.39, 0.29) is 24.3 Å². The zero-order chi connectivity index (χ0) is 18.8. The number of amides is 1. The van der Waals surface area contributed by atoms with E-state index in [1.165, 1.54) is 22.3 Å². The summed E-state index contributed by atoms with van der Waals surface area (Å²) in [6, 6.07) is 16.5. The minimum absolute atomic E-state index is 0.0610. The zero-order valence-electron chi connectivity index (χ0n) is 15.1. The van der Waals surface area contributed by atoms with Gasteiger partial charge in [-0.2, -0.15) is 0 Å². The summed E-state index contributed by atoms with van der Waals surface area (Å²) in [5.74, 6) is -0.555. The quantitative estimate of drug-likeness (QED) is 0.885. The Hall–Kier alpha value is -2.82. The van der Waals surface area contributed by atoms with Crippen molar-refractivity contribution in [1.82, 2.24) is 4.90 Å². The van der Waals surface area contributed by atoms with Crippen molar-refractivity contribution in [2.45, 2.75) is 25.2 Å². The van der Waals surface area contributed by atoms with Gasteiger partial charge in [0.25, 0.3) is 0 Å². The molecule has 2 aliphatic rings. The highest BCUT2D eigenvalue weighted by Crippen LogP contribution is 2.44. The third-order valence-electron chi connectivity index (χ3n) is 5.67. The standard InChI is InChI=1S/C22H23NO4/c24-21(25)13-15-9-11-23(12-10-15)22(26)27-14-20-18-7-3-1-5-16(18)17-6-2-4-8-19(17)20/h1-8,15,20H,9-14H2,(H,24,25). The van der Waals surface area contributed by atoms with Crippen molar-refractivity contribution in [2.24, 2.45) is 5.92 Å². The predicted molar refractivity (Wildman–Crippen MR) is 102 cm³/mol. The number of fused-ring (bicyclic) bond motifs is 3. The van der Waals surface area contributed by atoms with Crippen LogP contribution in [-0.2, 0) is 9.53 Å². The molecule has 2 aromatic carbocycles. The van der Waals surface area contributed by atoms with Crippen LogP contribution >= 0.6 is 0 Å². The molecule has 0 atom stereocenters. The molecule has 1 aliphatic carbocycles. The summed E-state index contributed by atoms with van der Waals surface area (Å²) in [6.45, 7) is 1.45. The SMILES string of the molecule is O=C(O)CC1CCN(C(=O)OCC2c3ccccc3-c3ccccc32)CC1. The van der Waals surface area contributed by atoms with E-state index in [0.29, 0.717) is 19.7 Å². The van der Waals surface area contributed by atoms with Gasteiger partial charge in [-0.15, -0.1) is 0 Å². The average Bonchev–Trinajstić information content (AvgIpc) is 3.00. The van der Waals surface area contributed by atoms with Crippen molar-refractivity contribution >= 4 is 12.1 Å². The van der Waals surface area contributed by atoms with E-state index in [9.17, 15) is 9.59 Å². The van der Waals surface area contributed by atoms with Crippen LogP contribution in [0.3, 0.4) is 0 Å². The lowest BCUT2D eigenvalue weighted by Crippen LogP contribution is -2.39. The maximum atomic E-state index is 12.5. The summed E-state index contributed by atoms with van der Waals surface area (Å²) in [6.07, 6.45) is 1.32. The molecule has 5 heteroatoms. The van der Waals surface area contributed by atoms with Crippen LogP contribution in [0.25, 0.3) is 11.1 Å². The van der Waals surface area contributed by atoms with Crippen molar-refractivity contribution in [2.75, 3.05) is 19.7 Å². The number of likely N-dealkylation sites (tertiary alicyclic amines) is 1. The Morgan fingerprint density at radius 3 is 2.07 bits per heavy atom. The summed E-state index contributed by atoms with van der Waals surface area (Å²) < 4.78 is 5.67. The summed E-state index contributed by atoms with van der Waals surface area (Å²) in [5.41, 5.74) is 4.82. The van der Waals surface area contributed by atoms with Crippen LogP contribution in [0, 0.1) is 5.92 Å². The van der Waals surface area contributed by atoms with Crippen LogP contribution in [0.5, 0.6) is 0 Å². The van der Waals surface area contributed by atoms with E-state index in [4.69, 9.17) is 9.84 Å². The maximum absolute atomic E-state index is 12.5. The monoisotopic (exact) mass is 365 g/mol. The van der Waals surface area contributed by atoms with E-state index in [1.54, 1.807) is 4.90 Å². The lowest BCUT2D eigenvalue weighted by atomic mass is 9.94. The van der Waals surface area contributed by atoms with Crippen LogP contribution in [-0.4, -0.2) is 41.8 Å². The number of carbonyl (C=O) groups is 2. The van der Waals surface area contributed by atoms with Gasteiger partial charge in [-0.1, -0.05) is 48.5 Å². The minimum atomic E-state index is -0.769. The second-order valence-corrected chi connectivity index (χ2v) is 7.33. The number of carboxylic acid groups (broad SMARTS) is 1. The van der Waals surface area contributed by atoms with Gasteiger partial charge in [-0.05, 0) is 41.0 Å². The first kappa shape index (κ1) is 17.6. The molecule has 1 aliphatic heterocycles. The van der Waals surface area contributed by atoms with E-state index < -0.39 is 5.97 Å². The highest BCUT2D eigenvalue weighted by molar-refractivity contribution is 5.79. The van der Waals surface area contributed by atoms with Crippen LogP contribution in [0.15, 0.2) is 48.5 Å². The van der Waals surface area contributed by atoms with E-state index in [2.05, 4.69) is 24.3 Å². The van der Waals surface area contributed by atoms with Gasteiger partial charge >= 0.3 is 12.1 Å². The van der Waals surface area contributed by atoms with Crippen molar-refractivity contribution in [3.05, 3.63) is 59.7 Å². The van der Waals surface area contributed by atoms with Gasteiger partial charge in [-0.3, -0.25) is 4.79 Å². The number of ether oxygens (including phenoxy) is 1. The van der Waals surface area contributed by atoms with Crippen molar-refractivity contribution in [3.8, 4) is 11.1 Å². The smallest absolute Gasteiger partial charge is 0.409 e. The number of piperidine rings is 1. The summed E-state index contributed by atoms with van der Waals surface area (Å²) >= 11 is 0. The van der Waals surface area contributed by atoms with Crippen LogP contribution in [0.1, 0.15) is 36.3 Å². The summed E-state index contributed by atoms with van der Waals surface area (Å²) in [4.78, 5) is 25.0. The second-order valence-electron chi connectivity index (χ2n) is 7.33. The molecule has 1 N–H and O–H groups in total. The van der Waals surface area contributed by atoms with Gasteiger partial charge in [0.2, 0.25) is 0 Å². The van der Waals surface area contributed by atoms with Gasteiger partial charge in [0.05, 0.1) is 0 Å². The predicted octanol–water partition coefficient (Wildman–Crippen LogP) is 4.12. The van der Waals surface area contributed by atoms with Crippen molar-refractivity contribution in [3.63, 3.8) is 0 Å². The zero-order valence-corrected chi connectivity index (χ0v) is 15.1. The lowest BCUT2D eigenvalue weighted by molar-refractivity contribution is -0.138. The van der Waals surface area contributed by atoms with Gasteiger partial charge < -0.3 is 14.7 Å².